The van der Waals surface area contributed by atoms with Gasteiger partial charge in [-0.05, 0) is 24.3 Å². The van der Waals surface area contributed by atoms with E-state index in [1.807, 2.05) is 28.2 Å². The number of rotatable bonds is 3. The summed E-state index contributed by atoms with van der Waals surface area (Å²) in [5, 5.41) is 6.93. The van der Waals surface area contributed by atoms with Gasteiger partial charge in [0.05, 0.1) is 11.4 Å². The number of imidazole rings is 1. The van der Waals surface area contributed by atoms with Crippen LogP contribution in [0.1, 0.15) is 0 Å². The minimum atomic E-state index is -0.841. The molecule has 0 saturated carbocycles. The maximum atomic E-state index is 13.6. The van der Waals surface area contributed by atoms with Gasteiger partial charge in [0.25, 0.3) is 0 Å². The van der Waals surface area contributed by atoms with Gasteiger partial charge in [-0.15, -0.1) is 11.3 Å². The molecule has 26 heavy (non-hydrogen) atoms. The first-order valence-electron chi connectivity index (χ1n) is 7.64. The molecule has 0 saturated heterocycles. The highest BCUT2D eigenvalue weighted by Gasteiger charge is 2.10. The molecule has 2 aromatic heterocycles. The lowest BCUT2D eigenvalue weighted by Crippen LogP contribution is -2.20. The standard InChI is InChI=1S/C18H12F2N4OS/c19-12-4-5-15(14(20)9-12)22-17(25)21-13-3-1-2-11(8-13)16-10-24-6-7-26-18(24)23-16/h1-10H,(H2,21,22,25). The molecule has 0 spiro atoms. The van der Waals surface area contributed by atoms with Crippen LogP contribution < -0.4 is 10.6 Å². The Morgan fingerprint density at radius 1 is 1.12 bits per heavy atom. The highest BCUT2D eigenvalue weighted by molar-refractivity contribution is 7.15. The third-order valence-electron chi connectivity index (χ3n) is 3.69. The average molecular weight is 370 g/mol. The van der Waals surface area contributed by atoms with Crippen molar-refractivity contribution >= 4 is 33.7 Å². The van der Waals surface area contributed by atoms with E-state index in [-0.39, 0.29) is 5.69 Å². The summed E-state index contributed by atoms with van der Waals surface area (Å²) in [4.78, 5) is 17.5. The van der Waals surface area contributed by atoms with E-state index in [4.69, 9.17) is 0 Å². The Kier molecular flexibility index (Phi) is 4.10. The molecule has 0 aliphatic rings. The Balaban J connectivity index is 1.51. The Morgan fingerprint density at radius 3 is 2.81 bits per heavy atom. The van der Waals surface area contributed by atoms with Crippen molar-refractivity contribution in [3.8, 4) is 11.3 Å². The predicted octanol–water partition coefficient (Wildman–Crippen LogP) is 4.99. The van der Waals surface area contributed by atoms with Crippen LogP contribution in [0.5, 0.6) is 0 Å². The molecule has 0 radical (unpaired) electrons. The van der Waals surface area contributed by atoms with Crippen molar-refractivity contribution in [1.82, 2.24) is 9.38 Å². The van der Waals surface area contributed by atoms with Gasteiger partial charge in [0, 0.05) is 35.1 Å². The molecule has 2 heterocycles. The molecular weight excluding hydrogens is 358 g/mol. The third kappa shape index (κ3) is 3.27. The Bertz CT molecular complexity index is 1080. The lowest BCUT2D eigenvalue weighted by molar-refractivity contribution is 0.262. The van der Waals surface area contributed by atoms with Crippen molar-refractivity contribution in [2.24, 2.45) is 0 Å². The second-order valence-electron chi connectivity index (χ2n) is 5.50. The molecule has 0 aliphatic carbocycles. The van der Waals surface area contributed by atoms with Crippen molar-refractivity contribution in [3.63, 3.8) is 0 Å². The van der Waals surface area contributed by atoms with E-state index < -0.39 is 17.7 Å². The fraction of sp³-hybridized carbons (Fsp3) is 0. The number of thiazole rings is 1. The Morgan fingerprint density at radius 2 is 2.00 bits per heavy atom. The number of benzene rings is 2. The number of urea groups is 1. The van der Waals surface area contributed by atoms with Gasteiger partial charge in [-0.2, -0.15) is 0 Å². The minimum Gasteiger partial charge on any atom is -0.308 e. The van der Waals surface area contributed by atoms with Gasteiger partial charge in [-0.1, -0.05) is 12.1 Å². The lowest BCUT2D eigenvalue weighted by Gasteiger charge is -2.09. The number of hydrogen-bond donors (Lipinski definition) is 2. The van der Waals surface area contributed by atoms with Crippen LogP contribution in [-0.2, 0) is 0 Å². The van der Waals surface area contributed by atoms with Crippen LogP contribution in [0.4, 0.5) is 25.0 Å². The zero-order chi connectivity index (χ0) is 18.1. The van der Waals surface area contributed by atoms with E-state index in [9.17, 15) is 13.6 Å². The third-order valence-corrected chi connectivity index (χ3v) is 4.46. The summed E-state index contributed by atoms with van der Waals surface area (Å²) < 4.78 is 28.5. The van der Waals surface area contributed by atoms with E-state index >= 15 is 0 Å². The molecule has 2 N–H and O–H groups in total. The minimum absolute atomic E-state index is 0.102. The molecule has 2 aromatic carbocycles. The number of carbonyl (C=O) groups is 1. The van der Waals surface area contributed by atoms with E-state index in [2.05, 4.69) is 15.6 Å². The van der Waals surface area contributed by atoms with E-state index in [0.717, 1.165) is 22.3 Å². The molecule has 0 bridgehead atoms. The molecule has 4 aromatic rings. The molecule has 0 aliphatic heterocycles. The van der Waals surface area contributed by atoms with Gasteiger partial charge < -0.3 is 10.6 Å². The Labute approximate surface area is 150 Å². The van der Waals surface area contributed by atoms with Crippen molar-refractivity contribution < 1.29 is 13.6 Å². The number of carbonyl (C=O) groups excluding carboxylic acids is 1. The highest BCUT2D eigenvalue weighted by Crippen LogP contribution is 2.24. The summed E-state index contributed by atoms with van der Waals surface area (Å²) in [6.07, 6.45) is 3.82. The number of nitrogens with one attached hydrogen (secondary N) is 2. The first-order chi connectivity index (χ1) is 12.6. The molecule has 8 heteroatoms. The normalized spacial score (nSPS) is 10.8. The number of fused-ring (bicyclic) bond motifs is 1. The maximum Gasteiger partial charge on any atom is 0.323 e. The van der Waals surface area contributed by atoms with Crippen molar-refractivity contribution in [3.05, 3.63) is 71.9 Å². The fourth-order valence-electron chi connectivity index (χ4n) is 2.50. The summed E-state index contributed by atoms with van der Waals surface area (Å²) in [6, 6.07) is 9.48. The first kappa shape index (κ1) is 16.2. The van der Waals surface area contributed by atoms with Crippen LogP contribution in [0.25, 0.3) is 16.2 Å². The summed E-state index contributed by atoms with van der Waals surface area (Å²) in [7, 11) is 0. The molecule has 0 fully saturated rings. The second kappa shape index (κ2) is 6.57. The summed E-state index contributed by atoms with van der Waals surface area (Å²) in [5.74, 6) is -1.55. The number of aromatic nitrogens is 2. The monoisotopic (exact) mass is 370 g/mol. The molecule has 0 unspecified atom stereocenters. The number of halogens is 2. The van der Waals surface area contributed by atoms with Gasteiger partial charge >= 0.3 is 6.03 Å². The van der Waals surface area contributed by atoms with E-state index in [0.29, 0.717) is 11.8 Å². The zero-order valence-corrected chi connectivity index (χ0v) is 14.1. The van der Waals surface area contributed by atoms with Crippen LogP contribution in [0.15, 0.2) is 60.2 Å². The van der Waals surface area contributed by atoms with Crippen molar-refractivity contribution in [1.29, 1.82) is 0 Å². The SMILES string of the molecule is O=C(Nc1cccc(-c2cn3ccsc3n2)c1)Nc1ccc(F)cc1F. The van der Waals surface area contributed by atoms with Gasteiger partial charge in [0.15, 0.2) is 4.96 Å². The van der Waals surface area contributed by atoms with Crippen molar-refractivity contribution in [2.75, 3.05) is 10.6 Å². The molecule has 2 amide bonds. The average Bonchev–Trinajstić information content (AvgIpc) is 3.19. The lowest BCUT2D eigenvalue weighted by atomic mass is 10.1. The number of hydrogen-bond acceptors (Lipinski definition) is 3. The largest absolute Gasteiger partial charge is 0.323 e. The summed E-state index contributed by atoms with van der Waals surface area (Å²) >= 11 is 1.53. The molecule has 5 nitrogen and oxygen atoms in total. The topological polar surface area (TPSA) is 58.4 Å². The van der Waals surface area contributed by atoms with Gasteiger partial charge in [-0.25, -0.2) is 18.6 Å². The number of anilines is 2. The molecular formula is C18H12F2N4OS. The van der Waals surface area contributed by atoms with Crippen LogP contribution >= 0.6 is 11.3 Å². The molecule has 4 rings (SSSR count). The van der Waals surface area contributed by atoms with Crippen LogP contribution in [0.2, 0.25) is 0 Å². The first-order valence-corrected chi connectivity index (χ1v) is 8.52. The van der Waals surface area contributed by atoms with Gasteiger partial charge in [-0.3, -0.25) is 4.40 Å². The quantitative estimate of drug-likeness (QED) is 0.534. The van der Waals surface area contributed by atoms with Crippen molar-refractivity contribution in [2.45, 2.75) is 0 Å². The van der Waals surface area contributed by atoms with Crippen LogP contribution in [0.3, 0.4) is 0 Å². The maximum absolute atomic E-state index is 13.6. The van der Waals surface area contributed by atoms with Crippen LogP contribution in [0, 0.1) is 11.6 Å². The van der Waals surface area contributed by atoms with E-state index in [1.165, 1.54) is 17.4 Å². The summed E-state index contributed by atoms with van der Waals surface area (Å²) in [5.41, 5.74) is 2.05. The molecule has 130 valence electrons. The number of nitrogens with zero attached hydrogens (tertiary/aromatic N) is 2. The highest BCUT2D eigenvalue weighted by atomic mass is 32.1. The van der Waals surface area contributed by atoms with Gasteiger partial charge in [0.2, 0.25) is 0 Å². The molecule has 0 atom stereocenters. The smallest absolute Gasteiger partial charge is 0.308 e. The zero-order valence-electron chi connectivity index (χ0n) is 13.2. The Hall–Kier alpha value is -3.26. The predicted molar refractivity (Wildman–Crippen MR) is 97.5 cm³/mol. The fourth-order valence-corrected chi connectivity index (χ4v) is 3.20. The summed E-state index contributed by atoms with van der Waals surface area (Å²) in [6.45, 7) is 0. The van der Waals surface area contributed by atoms with E-state index in [1.54, 1.807) is 18.2 Å². The van der Waals surface area contributed by atoms with Crippen LogP contribution in [-0.4, -0.2) is 15.4 Å². The second-order valence-corrected chi connectivity index (χ2v) is 6.38. The van der Waals surface area contributed by atoms with Gasteiger partial charge in [0.1, 0.15) is 11.6 Å². The number of amides is 2.